The Balaban J connectivity index is 1.91. The fourth-order valence-corrected chi connectivity index (χ4v) is 2.69. The first-order valence-electron chi connectivity index (χ1n) is 7.67. The summed E-state index contributed by atoms with van der Waals surface area (Å²) < 4.78 is 7.04. The minimum absolute atomic E-state index is 0.0746. The Kier molecular flexibility index (Phi) is 3.72. The maximum absolute atomic E-state index is 12.3. The zero-order valence-corrected chi connectivity index (χ0v) is 13.6. The van der Waals surface area contributed by atoms with Crippen LogP contribution in [-0.2, 0) is 11.2 Å². The first-order valence-corrected chi connectivity index (χ1v) is 7.67. The molecule has 0 unspecified atom stereocenters. The van der Waals surface area contributed by atoms with Crippen LogP contribution < -0.4 is 10.5 Å². The highest BCUT2D eigenvalue weighted by atomic mass is 16.6. The van der Waals surface area contributed by atoms with Gasteiger partial charge in [-0.3, -0.25) is 14.3 Å². The number of carbonyl (C=O) groups is 1. The SMILES string of the molecule is CC(C)(C)OC(=O)N1CCc2cc(-n3ccccc3=O)ccc21. The summed E-state index contributed by atoms with van der Waals surface area (Å²) >= 11 is 0. The molecule has 0 fully saturated rings. The van der Waals surface area contributed by atoms with Crippen molar-refractivity contribution in [2.45, 2.75) is 32.8 Å². The Morgan fingerprint density at radius 3 is 2.65 bits per heavy atom. The summed E-state index contributed by atoms with van der Waals surface area (Å²) in [6, 6.07) is 10.8. The van der Waals surface area contributed by atoms with Crippen LogP contribution in [0.3, 0.4) is 0 Å². The largest absolute Gasteiger partial charge is 0.443 e. The number of rotatable bonds is 1. The number of aromatic nitrogens is 1. The third-order valence-electron chi connectivity index (χ3n) is 3.67. The normalized spacial score (nSPS) is 13.8. The second kappa shape index (κ2) is 5.57. The summed E-state index contributed by atoms with van der Waals surface area (Å²) in [5.74, 6) is 0. The molecule has 0 saturated heterocycles. The van der Waals surface area contributed by atoms with Crippen molar-refractivity contribution in [3.05, 3.63) is 58.5 Å². The second-order valence-electron chi connectivity index (χ2n) is 6.60. The maximum Gasteiger partial charge on any atom is 0.414 e. The van der Waals surface area contributed by atoms with Gasteiger partial charge in [0.05, 0.1) is 5.69 Å². The van der Waals surface area contributed by atoms with Crippen molar-refractivity contribution in [1.29, 1.82) is 0 Å². The van der Waals surface area contributed by atoms with E-state index in [0.717, 1.165) is 23.4 Å². The lowest BCUT2D eigenvalue weighted by molar-refractivity contribution is 0.0584. The first kappa shape index (κ1) is 15.3. The van der Waals surface area contributed by atoms with Gasteiger partial charge in [-0.05, 0) is 57.0 Å². The van der Waals surface area contributed by atoms with Crippen molar-refractivity contribution in [3.8, 4) is 5.69 Å². The van der Waals surface area contributed by atoms with Gasteiger partial charge in [0, 0.05) is 24.5 Å². The molecule has 0 radical (unpaired) electrons. The molecule has 0 N–H and O–H groups in total. The highest BCUT2D eigenvalue weighted by Crippen LogP contribution is 2.31. The van der Waals surface area contributed by atoms with Crippen molar-refractivity contribution in [3.63, 3.8) is 0 Å². The fourth-order valence-electron chi connectivity index (χ4n) is 2.69. The third kappa shape index (κ3) is 3.13. The third-order valence-corrected chi connectivity index (χ3v) is 3.67. The molecule has 5 heteroatoms. The average Bonchev–Trinajstić information content (AvgIpc) is 2.89. The summed E-state index contributed by atoms with van der Waals surface area (Å²) in [6.45, 7) is 6.16. The number of ether oxygens (including phenoxy) is 1. The molecule has 5 nitrogen and oxygen atoms in total. The molecule has 0 spiro atoms. The topological polar surface area (TPSA) is 51.5 Å². The lowest BCUT2D eigenvalue weighted by Gasteiger charge is -2.24. The van der Waals surface area contributed by atoms with Crippen molar-refractivity contribution in [2.24, 2.45) is 0 Å². The molecule has 3 rings (SSSR count). The number of carbonyl (C=O) groups excluding carboxylic acids is 1. The van der Waals surface area contributed by atoms with Gasteiger partial charge in [0.15, 0.2) is 0 Å². The van der Waals surface area contributed by atoms with Gasteiger partial charge in [-0.15, -0.1) is 0 Å². The predicted octanol–water partition coefficient (Wildman–Crippen LogP) is 3.14. The number of benzene rings is 1. The van der Waals surface area contributed by atoms with Crippen LogP contribution in [0.4, 0.5) is 10.5 Å². The molecule has 0 bridgehead atoms. The van der Waals surface area contributed by atoms with E-state index >= 15 is 0 Å². The van der Waals surface area contributed by atoms with Crippen LogP contribution in [0.25, 0.3) is 5.69 Å². The number of fused-ring (bicyclic) bond motifs is 1. The van der Waals surface area contributed by atoms with E-state index < -0.39 is 5.60 Å². The van der Waals surface area contributed by atoms with Gasteiger partial charge in [0.1, 0.15) is 5.60 Å². The van der Waals surface area contributed by atoms with E-state index in [9.17, 15) is 9.59 Å². The minimum atomic E-state index is -0.517. The molecule has 23 heavy (non-hydrogen) atoms. The molecule has 1 aliphatic heterocycles. The standard InChI is InChI=1S/C18H20N2O3/c1-18(2,3)23-17(22)20-11-9-13-12-14(7-8-15(13)20)19-10-5-4-6-16(19)21/h4-8,10,12H,9,11H2,1-3H3. The molecule has 2 heterocycles. The summed E-state index contributed by atoms with van der Waals surface area (Å²) in [6.07, 6.45) is 2.16. The minimum Gasteiger partial charge on any atom is -0.443 e. The smallest absolute Gasteiger partial charge is 0.414 e. The van der Waals surface area contributed by atoms with Crippen LogP contribution in [0.5, 0.6) is 0 Å². The molecule has 1 aliphatic rings. The van der Waals surface area contributed by atoms with Crippen LogP contribution in [0.2, 0.25) is 0 Å². The van der Waals surface area contributed by atoms with Gasteiger partial charge >= 0.3 is 6.09 Å². The zero-order valence-electron chi connectivity index (χ0n) is 13.6. The fraction of sp³-hybridized carbons (Fsp3) is 0.333. The Morgan fingerprint density at radius 2 is 1.96 bits per heavy atom. The summed E-state index contributed by atoms with van der Waals surface area (Å²) in [7, 11) is 0. The number of hydrogen-bond donors (Lipinski definition) is 0. The summed E-state index contributed by atoms with van der Waals surface area (Å²) in [5.41, 5.74) is 2.11. The number of hydrogen-bond acceptors (Lipinski definition) is 3. The van der Waals surface area contributed by atoms with Crippen molar-refractivity contribution >= 4 is 11.8 Å². The predicted molar refractivity (Wildman–Crippen MR) is 89.3 cm³/mol. The van der Waals surface area contributed by atoms with Crippen molar-refractivity contribution in [2.75, 3.05) is 11.4 Å². The molecule has 1 aromatic carbocycles. The number of anilines is 1. The molecule has 2 aromatic rings. The molecular weight excluding hydrogens is 292 g/mol. The highest BCUT2D eigenvalue weighted by Gasteiger charge is 2.29. The molecule has 0 saturated carbocycles. The average molecular weight is 312 g/mol. The Hall–Kier alpha value is -2.56. The number of amides is 1. The Morgan fingerprint density at radius 1 is 1.17 bits per heavy atom. The molecular formula is C18H20N2O3. The van der Waals surface area contributed by atoms with E-state index in [1.165, 1.54) is 6.07 Å². The van der Waals surface area contributed by atoms with Crippen LogP contribution in [0, 0.1) is 0 Å². The van der Waals surface area contributed by atoms with Crippen molar-refractivity contribution < 1.29 is 9.53 Å². The monoisotopic (exact) mass is 312 g/mol. The first-order chi connectivity index (χ1) is 10.8. The van der Waals surface area contributed by atoms with Gasteiger partial charge in [-0.25, -0.2) is 4.79 Å². The van der Waals surface area contributed by atoms with Crippen LogP contribution in [0.1, 0.15) is 26.3 Å². The highest BCUT2D eigenvalue weighted by molar-refractivity contribution is 5.90. The molecule has 1 amide bonds. The number of pyridine rings is 1. The van der Waals surface area contributed by atoms with Gasteiger partial charge in [0.2, 0.25) is 0 Å². The van der Waals surface area contributed by atoms with E-state index in [1.807, 2.05) is 45.0 Å². The summed E-state index contributed by atoms with van der Waals surface area (Å²) in [5, 5.41) is 0. The van der Waals surface area contributed by atoms with Gasteiger partial charge in [-0.2, -0.15) is 0 Å². The van der Waals surface area contributed by atoms with E-state index in [2.05, 4.69) is 0 Å². The second-order valence-corrected chi connectivity index (χ2v) is 6.60. The van der Waals surface area contributed by atoms with E-state index in [4.69, 9.17) is 4.74 Å². The molecule has 1 aromatic heterocycles. The van der Waals surface area contributed by atoms with Gasteiger partial charge in [-0.1, -0.05) is 6.07 Å². The lowest BCUT2D eigenvalue weighted by Crippen LogP contribution is -2.35. The Labute approximate surface area is 135 Å². The zero-order chi connectivity index (χ0) is 16.6. The Bertz CT molecular complexity index is 802. The van der Waals surface area contributed by atoms with Crippen LogP contribution >= 0.6 is 0 Å². The maximum atomic E-state index is 12.3. The van der Waals surface area contributed by atoms with Gasteiger partial charge in [0.25, 0.3) is 5.56 Å². The number of nitrogens with zero attached hydrogens (tertiary/aromatic N) is 2. The molecule has 120 valence electrons. The van der Waals surface area contributed by atoms with E-state index in [-0.39, 0.29) is 11.7 Å². The van der Waals surface area contributed by atoms with Gasteiger partial charge < -0.3 is 4.74 Å². The van der Waals surface area contributed by atoms with Crippen LogP contribution in [0.15, 0.2) is 47.4 Å². The van der Waals surface area contributed by atoms with E-state index in [0.29, 0.717) is 6.54 Å². The molecule has 0 atom stereocenters. The quantitative estimate of drug-likeness (QED) is 0.813. The molecule has 0 aliphatic carbocycles. The summed E-state index contributed by atoms with van der Waals surface area (Å²) in [4.78, 5) is 25.9. The lowest BCUT2D eigenvalue weighted by atomic mass is 10.1. The van der Waals surface area contributed by atoms with Crippen LogP contribution in [-0.4, -0.2) is 22.8 Å². The van der Waals surface area contributed by atoms with Crippen molar-refractivity contribution in [1.82, 2.24) is 4.57 Å². The van der Waals surface area contributed by atoms with E-state index in [1.54, 1.807) is 21.7 Å².